The molecule has 1 aromatic carbocycles. The van der Waals surface area contributed by atoms with Gasteiger partial charge in [-0.15, -0.1) is 4.99 Å². The van der Waals surface area contributed by atoms with Gasteiger partial charge in [-0.2, -0.15) is 5.26 Å². The van der Waals surface area contributed by atoms with Crippen molar-refractivity contribution in [2.75, 3.05) is 38.1 Å². The summed E-state index contributed by atoms with van der Waals surface area (Å²) in [5, 5.41) is 14.3. The highest BCUT2D eigenvalue weighted by atomic mass is 19.1. The van der Waals surface area contributed by atoms with E-state index in [1.165, 1.54) is 17.9 Å². The van der Waals surface area contributed by atoms with Crippen LogP contribution in [0.5, 0.6) is 0 Å². The first-order valence-electron chi connectivity index (χ1n) is 9.84. The number of nitriles is 1. The molecule has 0 spiro atoms. The van der Waals surface area contributed by atoms with E-state index in [1.54, 1.807) is 25.4 Å². The number of ether oxygens (including phenoxy) is 1. The third-order valence-corrected chi connectivity index (χ3v) is 5.98. The number of amides is 2. The predicted octanol–water partition coefficient (Wildman–Crippen LogP) is 0.989. The number of fused-ring (bicyclic) bond motifs is 1. The van der Waals surface area contributed by atoms with Gasteiger partial charge < -0.3 is 20.3 Å². The summed E-state index contributed by atoms with van der Waals surface area (Å²) in [6.45, 7) is 3.32. The Bertz CT molecular complexity index is 933. The number of cyclic esters (lactones) is 1. The van der Waals surface area contributed by atoms with Gasteiger partial charge in [0.25, 0.3) is 0 Å². The van der Waals surface area contributed by atoms with Gasteiger partial charge in [-0.3, -0.25) is 9.69 Å². The lowest BCUT2D eigenvalue weighted by atomic mass is 10.1. The molecule has 9 nitrogen and oxygen atoms in total. The fraction of sp³-hybridized carbons (Fsp3) is 0.500. The van der Waals surface area contributed by atoms with Crippen LogP contribution in [0.25, 0.3) is 0 Å². The number of hydrogen-bond acceptors (Lipinski definition) is 5. The highest BCUT2D eigenvalue weighted by molar-refractivity contribution is 5.90. The summed E-state index contributed by atoms with van der Waals surface area (Å²) in [5.74, 6) is 0.780. The minimum absolute atomic E-state index is 0.133. The van der Waals surface area contributed by atoms with Crippen molar-refractivity contribution in [1.29, 1.82) is 5.26 Å². The van der Waals surface area contributed by atoms with Crippen molar-refractivity contribution in [3.8, 4) is 6.19 Å². The van der Waals surface area contributed by atoms with E-state index in [0.29, 0.717) is 29.0 Å². The Morgan fingerprint density at radius 2 is 2.10 bits per heavy atom. The number of benzene rings is 1. The molecule has 2 aliphatic heterocycles. The summed E-state index contributed by atoms with van der Waals surface area (Å²) in [5.41, 5.74) is 1.09. The van der Waals surface area contributed by atoms with Gasteiger partial charge in [-0.05, 0) is 35.4 Å². The van der Waals surface area contributed by atoms with Crippen LogP contribution in [0, 0.1) is 29.1 Å². The van der Waals surface area contributed by atoms with Gasteiger partial charge in [0.1, 0.15) is 11.9 Å². The second-order valence-corrected chi connectivity index (χ2v) is 7.80. The predicted molar refractivity (Wildman–Crippen MR) is 106 cm³/mol. The van der Waals surface area contributed by atoms with Crippen LogP contribution in [0.15, 0.2) is 23.2 Å². The number of halogens is 1. The molecule has 1 saturated carbocycles. The first-order valence-corrected chi connectivity index (χ1v) is 9.84. The summed E-state index contributed by atoms with van der Waals surface area (Å²) in [4.78, 5) is 30.3. The highest BCUT2D eigenvalue weighted by Crippen LogP contribution is 2.58. The number of aliphatic imine (C=N–C) groups is 1. The summed E-state index contributed by atoms with van der Waals surface area (Å²) >= 11 is 0. The number of likely N-dealkylation sites (tertiary alicyclic amines) is 1. The number of piperidine rings is 1. The number of guanidine groups is 1. The number of nitrogens with one attached hydrogen (secondary N) is 2. The Kier molecular flexibility index (Phi) is 5.20. The summed E-state index contributed by atoms with van der Waals surface area (Å²) < 4.78 is 20.1. The van der Waals surface area contributed by atoms with Gasteiger partial charge >= 0.3 is 6.09 Å². The molecule has 1 aliphatic carbocycles. The number of carbonyl (C=O) groups is 2. The van der Waals surface area contributed by atoms with E-state index in [0.717, 1.165) is 13.1 Å². The molecule has 10 heteroatoms. The first kappa shape index (κ1) is 19.9. The maximum Gasteiger partial charge on any atom is 0.414 e. The molecule has 2 amide bonds. The van der Waals surface area contributed by atoms with E-state index < -0.39 is 12.2 Å². The molecule has 0 aromatic heterocycles. The molecule has 2 saturated heterocycles. The molecule has 0 bridgehead atoms. The van der Waals surface area contributed by atoms with Gasteiger partial charge in [0, 0.05) is 27.1 Å². The first-order chi connectivity index (χ1) is 14.4. The van der Waals surface area contributed by atoms with Gasteiger partial charge in [-0.25, -0.2) is 9.18 Å². The van der Waals surface area contributed by atoms with Gasteiger partial charge in [-0.1, -0.05) is 6.07 Å². The zero-order valence-corrected chi connectivity index (χ0v) is 16.8. The Labute approximate surface area is 173 Å². The molecule has 0 radical (unpaired) electrons. The molecule has 1 aromatic rings. The van der Waals surface area contributed by atoms with Crippen molar-refractivity contribution >= 4 is 23.6 Å². The van der Waals surface area contributed by atoms with Crippen LogP contribution in [0.1, 0.15) is 18.4 Å². The van der Waals surface area contributed by atoms with Crippen LogP contribution >= 0.6 is 0 Å². The molecular formula is C20H23FN6O3. The molecule has 4 rings (SSSR count). The van der Waals surface area contributed by atoms with E-state index >= 15 is 0 Å². The average molecular weight is 414 g/mol. The second kappa shape index (κ2) is 7.82. The summed E-state index contributed by atoms with van der Waals surface area (Å²) in [7, 11) is 1.72. The van der Waals surface area contributed by atoms with Gasteiger partial charge in [0.15, 0.2) is 0 Å². The fourth-order valence-corrected chi connectivity index (χ4v) is 4.54. The molecule has 0 unspecified atom stereocenters. The third kappa shape index (κ3) is 3.63. The number of nitrogens with zero attached hydrogens (tertiary/aromatic N) is 4. The Hall–Kier alpha value is -3.35. The van der Waals surface area contributed by atoms with Crippen LogP contribution in [-0.2, 0) is 9.53 Å². The third-order valence-electron chi connectivity index (χ3n) is 5.98. The van der Waals surface area contributed by atoms with E-state index in [1.807, 2.05) is 4.90 Å². The Morgan fingerprint density at radius 3 is 2.70 bits per heavy atom. The number of hydrogen-bond donors (Lipinski definition) is 2. The van der Waals surface area contributed by atoms with Crippen LogP contribution in [0.2, 0.25) is 0 Å². The van der Waals surface area contributed by atoms with Crippen molar-refractivity contribution < 1.29 is 18.7 Å². The topological polar surface area (TPSA) is 110 Å². The summed E-state index contributed by atoms with van der Waals surface area (Å²) in [6, 6.07) is 4.86. The van der Waals surface area contributed by atoms with E-state index in [4.69, 9.17) is 10.00 Å². The van der Waals surface area contributed by atoms with Gasteiger partial charge in [0.05, 0.1) is 18.8 Å². The van der Waals surface area contributed by atoms with Crippen LogP contribution in [0.3, 0.4) is 0 Å². The number of anilines is 1. The highest BCUT2D eigenvalue weighted by Gasteiger charge is 2.57. The molecule has 3 fully saturated rings. The zero-order chi connectivity index (χ0) is 21.4. The lowest BCUT2D eigenvalue weighted by Crippen LogP contribution is -2.39. The molecule has 158 valence electrons. The molecule has 2 N–H and O–H groups in total. The lowest BCUT2D eigenvalue weighted by molar-refractivity contribution is -0.119. The summed E-state index contributed by atoms with van der Waals surface area (Å²) in [6.07, 6.45) is 0.779. The minimum atomic E-state index is -0.548. The van der Waals surface area contributed by atoms with Crippen molar-refractivity contribution in [3.63, 3.8) is 0 Å². The maximum atomic E-state index is 14.9. The molecule has 4 atom stereocenters. The Balaban J connectivity index is 1.40. The van der Waals surface area contributed by atoms with Crippen molar-refractivity contribution in [2.24, 2.45) is 16.8 Å². The van der Waals surface area contributed by atoms with Crippen LogP contribution in [-0.4, -0.2) is 62.2 Å². The van der Waals surface area contributed by atoms with Crippen molar-refractivity contribution in [1.82, 2.24) is 15.5 Å². The van der Waals surface area contributed by atoms with Gasteiger partial charge in [0.2, 0.25) is 18.1 Å². The zero-order valence-electron chi connectivity index (χ0n) is 16.8. The lowest BCUT2D eigenvalue weighted by Gasteiger charge is -2.22. The smallest absolute Gasteiger partial charge is 0.414 e. The molecular weight excluding hydrogens is 391 g/mol. The van der Waals surface area contributed by atoms with E-state index in [2.05, 4.69) is 15.6 Å². The SMILES string of the molecule is CN/C(=N\C#N)N1C[C@@H]2[C@H](C1)[C@H]2c1ccc(N2C[C@H](CNC(C)=O)OC2=O)cc1F. The van der Waals surface area contributed by atoms with Crippen molar-refractivity contribution in [2.45, 2.75) is 18.9 Å². The van der Waals surface area contributed by atoms with E-state index in [-0.39, 0.29) is 30.7 Å². The Morgan fingerprint density at radius 1 is 1.37 bits per heavy atom. The van der Waals surface area contributed by atoms with E-state index in [9.17, 15) is 14.0 Å². The minimum Gasteiger partial charge on any atom is -0.442 e. The molecule has 3 aliphatic rings. The molecule has 2 heterocycles. The largest absolute Gasteiger partial charge is 0.442 e. The second-order valence-electron chi connectivity index (χ2n) is 7.80. The fourth-order valence-electron chi connectivity index (χ4n) is 4.54. The molecule has 30 heavy (non-hydrogen) atoms. The quantitative estimate of drug-likeness (QED) is 0.432. The van der Waals surface area contributed by atoms with Crippen molar-refractivity contribution in [3.05, 3.63) is 29.6 Å². The normalized spacial score (nSPS) is 27.4. The van der Waals surface area contributed by atoms with Crippen LogP contribution in [0.4, 0.5) is 14.9 Å². The number of rotatable bonds is 4. The monoisotopic (exact) mass is 414 g/mol. The van der Waals surface area contributed by atoms with Crippen LogP contribution < -0.4 is 15.5 Å². The average Bonchev–Trinajstić information content (AvgIpc) is 3.03. The standard InChI is InChI=1S/C20H23FN6O3/c1-11(28)24-6-13-7-27(20(29)30-13)12-3-4-14(17(21)5-12)18-15-8-26(9-16(15)18)19(23-2)25-10-22/h3-5,13,15-16,18H,6-9H2,1-2H3,(H,23,25)(H,24,28)/t13-,15-,16+,18+/m0/s1. The number of carbonyl (C=O) groups excluding carboxylic acids is 2. The maximum absolute atomic E-state index is 14.9.